The van der Waals surface area contributed by atoms with Gasteiger partial charge in [0.05, 0.1) is 24.2 Å². The number of rotatable bonds is 6. The summed E-state index contributed by atoms with van der Waals surface area (Å²) in [6.45, 7) is 5.07. The molecule has 2 aromatic rings. The minimum Gasteiger partial charge on any atom is -0.352 e. The molecule has 0 radical (unpaired) electrons. The van der Waals surface area contributed by atoms with Crippen LogP contribution in [0.3, 0.4) is 0 Å². The van der Waals surface area contributed by atoms with E-state index in [0.29, 0.717) is 24.7 Å². The molecule has 0 amide bonds. The van der Waals surface area contributed by atoms with Gasteiger partial charge in [0.25, 0.3) is 0 Å². The number of guanidine groups is 1. The highest BCUT2D eigenvalue weighted by molar-refractivity contribution is 7.92. The number of benzene rings is 1. The maximum atomic E-state index is 11.5. The summed E-state index contributed by atoms with van der Waals surface area (Å²) in [4.78, 5) is 9.88. The van der Waals surface area contributed by atoms with Gasteiger partial charge in [0.2, 0.25) is 10.0 Å². The number of anilines is 1. The van der Waals surface area contributed by atoms with E-state index in [9.17, 15) is 8.42 Å². The average molecular weight is 382 g/mol. The number of aryl methyl sites for hydroxylation is 2. The molecule has 0 unspecified atom stereocenters. The number of nitrogens with one attached hydrogen (secondary N) is 3. The zero-order valence-electron chi connectivity index (χ0n) is 14.8. The molecule has 0 saturated carbocycles. The molecule has 1 aromatic carbocycles. The minimum absolute atomic E-state index is 0.439. The lowest BCUT2D eigenvalue weighted by Crippen LogP contribution is -2.36. The van der Waals surface area contributed by atoms with Crippen molar-refractivity contribution in [1.29, 1.82) is 0 Å². The standard InChI is InChI=1S/C16H23N5O2S2/c1-11-12(2)24-15(20-11)10-19-16(17-3)18-9-13-7-5-6-8-14(13)21-25(4,22)23/h5-8,21H,9-10H2,1-4H3,(H2,17,18,19). The van der Waals surface area contributed by atoms with Crippen LogP contribution in [0.2, 0.25) is 0 Å². The van der Waals surface area contributed by atoms with Crippen molar-refractivity contribution in [3.05, 3.63) is 45.4 Å². The normalized spacial score (nSPS) is 12.1. The van der Waals surface area contributed by atoms with Crippen molar-refractivity contribution in [3.8, 4) is 0 Å². The monoisotopic (exact) mass is 381 g/mol. The van der Waals surface area contributed by atoms with Gasteiger partial charge in [0.15, 0.2) is 5.96 Å². The van der Waals surface area contributed by atoms with E-state index in [2.05, 4.69) is 32.3 Å². The van der Waals surface area contributed by atoms with E-state index in [4.69, 9.17) is 0 Å². The van der Waals surface area contributed by atoms with Crippen LogP contribution >= 0.6 is 11.3 Å². The van der Waals surface area contributed by atoms with Gasteiger partial charge in [-0.15, -0.1) is 11.3 Å². The quantitative estimate of drug-likeness (QED) is 0.525. The molecular weight excluding hydrogens is 358 g/mol. The topological polar surface area (TPSA) is 95.5 Å². The number of nitrogens with zero attached hydrogens (tertiary/aromatic N) is 2. The maximum Gasteiger partial charge on any atom is 0.229 e. The van der Waals surface area contributed by atoms with E-state index in [1.165, 1.54) is 4.88 Å². The second-order valence-electron chi connectivity index (χ2n) is 5.56. The Morgan fingerprint density at radius 3 is 2.48 bits per heavy atom. The second-order valence-corrected chi connectivity index (χ2v) is 8.60. The number of hydrogen-bond donors (Lipinski definition) is 3. The van der Waals surface area contributed by atoms with E-state index < -0.39 is 10.0 Å². The number of aromatic nitrogens is 1. The van der Waals surface area contributed by atoms with Crippen molar-refractivity contribution in [2.75, 3.05) is 18.0 Å². The Kier molecular flexibility index (Phi) is 6.38. The first-order valence-corrected chi connectivity index (χ1v) is 10.4. The molecule has 0 atom stereocenters. The lowest BCUT2D eigenvalue weighted by molar-refractivity contribution is 0.606. The van der Waals surface area contributed by atoms with Gasteiger partial charge in [-0.05, 0) is 25.5 Å². The van der Waals surface area contributed by atoms with Gasteiger partial charge in [-0.2, -0.15) is 0 Å². The number of sulfonamides is 1. The molecule has 25 heavy (non-hydrogen) atoms. The fourth-order valence-corrected chi connectivity index (χ4v) is 3.62. The third kappa shape index (κ3) is 6.02. The smallest absolute Gasteiger partial charge is 0.229 e. The van der Waals surface area contributed by atoms with Gasteiger partial charge >= 0.3 is 0 Å². The summed E-state index contributed by atoms with van der Waals surface area (Å²) in [5.74, 6) is 0.625. The van der Waals surface area contributed by atoms with Crippen molar-refractivity contribution in [2.45, 2.75) is 26.9 Å². The van der Waals surface area contributed by atoms with E-state index in [-0.39, 0.29) is 0 Å². The van der Waals surface area contributed by atoms with E-state index in [1.807, 2.05) is 19.1 Å². The van der Waals surface area contributed by atoms with E-state index in [1.54, 1.807) is 30.5 Å². The average Bonchev–Trinajstić information content (AvgIpc) is 2.86. The van der Waals surface area contributed by atoms with Gasteiger partial charge in [-0.1, -0.05) is 18.2 Å². The van der Waals surface area contributed by atoms with Gasteiger partial charge in [0.1, 0.15) is 5.01 Å². The highest BCUT2D eigenvalue weighted by Gasteiger charge is 2.08. The van der Waals surface area contributed by atoms with Crippen LogP contribution in [-0.2, 0) is 23.1 Å². The van der Waals surface area contributed by atoms with Crippen LogP contribution in [-0.4, -0.2) is 32.7 Å². The minimum atomic E-state index is -3.32. The van der Waals surface area contributed by atoms with E-state index >= 15 is 0 Å². The Morgan fingerprint density at radius 1 is 1.20 bits per heavy atom. The Labute approximate surface area is 152 Å². The molecule has 136 valence electrons. The van der Waals surface area contributed by atoms with Crippen LogP contribution in [0.1, 0.15) is 21.1 Å². The lowest BCUT2D eigenvalue weighted by Gasteiger charge is -2.14. The maximum absolute atomic E-state index is 11.5. The number of para-hydroxylation sites is 1. The van der Waals surface area contributed by atoms with E-state index in [0.717, 1.165) is 22.5 Å². The third-order valence-electron chi connectivity index (χ3n) is 3.46. The predicted octanol–water partition coefficient (Wildman–Crippen LogP) is 2.00. The molecule has 0 aliphatic carbocycles. The number of aliphatic imine (C=N–C) groups is 1. The van der Waals surface area contributed by atoms with Crippen molar-refractivity contribution in [1.82, 2.24) is 15.6 Å². The van der Waals surface area contributed by atoms with Gasteiger partial charge < -0.3 is 10.6 Å². The van der Waals surface area contributed by atoms with Crippen molar-refractivity contribution in [3.63, 3.8) is 0 Å². The summed E-state index contributed by atoms with van der Waals surface area (Å²) >= 11 is 1.66. The molecular formula is C16H23N5O2S2. The molecule has 0 aliphatic heterocycles. The van der Waals surface area contributed by atoms with Gasteiger partial charge in [-0.3, -0.25) is 9.71 Å². The first-order chi connectivity index (χ1) is 11.8. The van der Waals surface area contributed by atoms with Crippen LogP contribution in [0.4, 0.5) is 5.69 Å². The Balaban J connectivity index is 1.97. The van der Waals surface area contributed by atoms with Crippen LogP contribution < -0.4 is 15.4 Å². The molecule has 7 nitrogen and oxygen atoms in total. The number of hydrogen-bond acceptors (Lipinski definition) is 5. The van der Waals surface area contributed by atoms with Crippen LogP contribution in [0, 0.1) is 13.8 Å². The van der Waals surface area contributed by atoms with Gasteiger partial charge in [-0.25, -0.2) is 13.4 Å². The third-order valence-corrected chi connectivity index (χ3v) is 5.13. The fourth-order valence-electron chi connectivity index (χ4n) is 2.15. The lowest BCUT2D eigenvalue weighted by atomic mass is 10.2. The summed E-state index contributed by atoms with van der Waals surface area (Å²) in [5.41, 5.74) is 2.43. The summed E-state index contributed by atoms with van der Waals surface area (Å²) in [6, 6.07) is 7.25. The molecule has 0 fully saturated rings. The molecule has 1 aromatic heterocycles. The molecule has 3 N–H and O–H groups in total. The summed E-state index contributed by atoms with van der Waals surface area (Å²) < 4.78 is 25.4. The zero-order chi connectivity index (χ0) is 18.4. The van der Waals surface area contributed by atoms with Crippen LogP contribution in [0.5, 0.6) is 0 Å². The van der Waals surface area contributed by atoms with Gasteiger partial charge in [0, 0.05) is 18.5 Å². The first-order valence-electron chi connectivity index (χ1n) is 7.71. The van der Waals surface area contributed by atoms with Crippen LogP contribution in [0.25, 0.3) is 0 Å². The van der Waals surface area contributed by atoms with Crippen LogP contribution in [0.15, 0.2) is 29.3 Å². The Bertz CT molecular complexity index is 840. The molecule has 0 spiro atoms. The zero-order valence-corrected chi connectivity index (χ0v) is 16.4. The highest BCUT2D eigenvalue weighted by atomic mass is 32.2. The molecule has 1 heterocycles. The molecule has 0 saturated heterocycles. The summed E-state index contributed by atoms with van der Waals surface area (Å²) in [5, 5.41) is 7.39. The van der Waals surface area contributed by atoms with Crippen molar-refractivity contribution < 1.29 is 8.42 Å². The van der Waals surface area contributed by atoms with Crippen molar-refractivity contribution in [2.24, 2.45) is 4.99 Å². The summed E-state index contributed by atoms with van der Waals surface area (Å²) in [7, 11) is -1.63. The highest BCUT2D eigenvalue weighted by Crippen LogP contribution is 2.17. The van der Waals surface area contributed by atoms with Crippen molar-refractivity contribution >= 4 is 33.0 Å². The largest absolute Gasteiger partial charge is 0.352 e. The summed E-state index contributed by atoms with van der Waals surface area (Å²) in [6.07, 6.45) is 1.13. The molecule has 2 rings (SSSR count). The Hall–Kier alpha value is -2.13. The second kappa shape index (κ2) is 8.30. The number of thiazole rings is 1. The first kappa shape index (κ1) is 19.2. The molecule has 0 aliphatic rings. The molecule has 0 bridgehead atoms. The fraction of sp³-hybridized carbons (Fsp3) is 0.375. The Morgan fingerprint density at radius 2 is 1.88 bits per heavy atom. The SMILES string of the molecule is CN=C(NCc1nc(C)c(C)s1)NCc1ccccc1NS(C)(=O)=O. The molecule has 9 heteroatoms. The predicted molar refractivity (Wildman–Crippen MR) is 104 cm³/mol.